The summed E-state index contributed by atoms with van der Waals surface area (Å²) in [4.78, 5) is 11.4. The molecule has 0 saturated heterocycles. The Kier molecular flexibility index (Phi) is 4.42. The molecule has 7 heteroatoms. The third-order valence-electron chi connectivity index (χ3n) is 2.90. The normalized spacial score (nSPS) is 15.0. The molecule has 1 aliphatic rings. The van der Waals surface area contributed by atoms with Crippen LogP contribution in [-0.4, -0.2) is 18.5 Å². The molecule has 0 heterocycles. The molecule has 0 aromatic heterocycles. The molecular formula is C13H14ClF3N2O. The van der Waals surface area contributed by atoms with Gasteiger partial charge in [0, 0.05) is 24.7 Å². The minimum atomic E-state index is -4.49. The van der Waals surface area contributed by atoms with E-state index in [1.807, 2.05) is 0 Å². The van der Waals surface area contributed by atoms with Crippen molar-refractivity contribution < 1.29 is 18.0 Å². The minimum absolute atomic E-state index is 0.0926. The molecule has 2 rings (SSSR count). The predicted octanol–water partition coefficient (Wildman–Crippen LogP) is 3.44. The average molecular weight is 307 g/mol. The lowest BCUT2D eigenvalue weighted by Crippen LogP contribution is -2.27. The van der Waals surface area contributed by atoms with Crippen molar-refractivity contribution in [3.8, 4) is 0 Å². The Morgan fingerprint density at radius 3 is 2.65 bits per heavy atom. The Labute approximate surface area is 119 Å². The summed E-state index contributed by atoms with van der Waals surface area (Å²) in [6.45, 7) is 0.275. The summed E-state index contributed by atoms with van der Waals surface area (Å²) in [6.07, 6.45) is -2.25. The van der Waals surface area contributed by atoms with Crippen molar-refractivity contribution in [2.45, 2.75) is 31.5 Å². The van der Waals surface area contributed by atoms with Crippen LogP contribution in [0, 0.1) is 0 Å². The summed E-state index contributed by atoms with van der Waals surface area (Å²) >= 11 is 5.52. The van der Waals surface area contributed by atoms with Gasteiger partial charge in [0.2, 0.25) is 5.91 Å². The van der Waals surface area contributed by atoms with Crippen molar-refractivity contribution in [3.63, 3.8) is 0 Å². The summed E-state index contributed by atoms with van der Waals surface area (Å²) in [5.74, 6) is -0.0926. The van der Waals surface area contributed by atoms with E-state index in [0.717, 1.165) is 18.9 Å². The quantitative estimate of drug-likeness (QED) is 0.875. The minimum Gasteiger partial charge on any atom is -0.385 e. The van der Waals surface area contributed by atoms with Gasteiger partial charge < -0.3 is 10.6 Å². The van der Waals surface area contributed by atoms with E-state index in [4.69, 9.17) is 11.6 Å². The first-order valence-electron chi connectivity index (χ1n) is 6.26. The number of hydrogen-bond donors (Lipinski definition) is 2. The fraction of sp³-hybridized carbons (Fsp3) is 0.462. The lowest BCUT2D eigenvalue weighted by molar-refractivity contribution is -0.137. The Morgan fingerprint density at radius 1 is 1.35 bits per heavy atom. The maximum Gasteiger partial charge on any atom is 0.417 e. The molecule has 2 N–H and O–H groups in total. The molecule has 0 unspecified atom stereocenters. The van der Waals surface area contributed by atoms with Crippen molar-refractivity contribution in [2.24, 2.45) is 0 Å². The number of carbonyl (C=O) groups excluding carboxylic acids is 1. The lowest BCUT2D eigenvalue weighted by Gasteiger charge is -2.12. The van der Waals surface area contributed by atoms with Gasteiger partial charge in [-0.25, -0.2) is 0 Å². The summed E-state index contributed by atoms with van der Waals surface area (Å²) in [5, 5.41) is 5.26. The van der Waals surface area contributed by atoms with Gasteiger partial charge in [-0.05, 0) is 31.0 Å². The Hall–Kier alpha value is -1.43. The Bertz CT molecular complexity index is 501. The fourth-order valence-electron chi connectivity index (χ4n) is 1.70. The molecule has 1 aromatic rings. The smallest absolute Gasteiger partial charge is 0.385 e. The first-order valence-corrected chi connectivity index (χ1v) is 6.64. The van der Waals surface area contributed by atoms with Crippen LogP contribution in [0.4, 0.5) is 18.9 Å². The summed E-state index contributed by atoms with van der Waals surface area (Å²) in [6, 6.07) is 3.88. The number of hydrogen-bond acceptors (Lipinski definition) is 2. The van der Waals surface area contributed by atoms with Crippen LogP contribution < -0.4 is 10.6 Å². The Balaban J connectivity index is 1.87. The number of carbonyl (C=O) groups is 1. The molecule has 0 aliphatic heterocycles. The van der Waals surface area contributed by atoms with Crippen molar-refractivity contribution >= 4 is 23.2 Å². The molecule has 3 nitrogen and oxygen atoms in total. The van der Waals surface area contributed by atoms with E-state index >= 15 is 0 Å². The van der Waals surface area contributed by atoms with E-state index in [0.29, 0.717) is 5.69 Å². The van der Waals surface area contributed by atoms with E-state index in [-0.39, 0.29) is 29.9 Å². The SMILES string of the molecule is O=C(CCNc1ccc(Cl)c(C(F)(F)F)c1)NC1CC1. The molecule has 1 fully saturated rings. The summed E-state index contributed by atoms with van der Waals surface area (Å²) in [7, 11) is 0. The number of rotatable bonds is 5. The number of anilines is 1. The monoisotopic (exact) mass is 306 g/mol. The van der Waals surface area contributed by atoms with Gasteiger partial charge in [0.25, 0.3) is 0 Å². The largest absolute Gasteiger partial charge is 0.417 e. The Morgan fingerprint density at radius 2 is 2.05 bits per heavy atom. The second-order valence-corrected chi connectivity index (χ2v) is 5.12. The van der Waals surface area contributed by atoms with Gasteiger partial charge in [-0.15, -0.1) is 0 Å². The van der Waals surface area contributed by atoms with Crippen molar-refractivity contribution in [1.82, 2.24) is 5.32 Å². The summed E-state index contributed by atoms with van der Waals surface area (Å²) in [5.41, 5.74) is -0.590. The van der Waals surface area contributed by atoms with E-state index in [1.54, 1.807) is 0 Å². The predicted molar refractivity (Wildman–Crippen MR) is 70.7 cm³/mol. The van der Waals surface area contributed by atoms with Crippen LogP contribution in [-0.2, 0) is 11.0 Å². The van der Waals surface area contributed by atoms with E-state index in [1.165, 1.54) is 12.1 Å². The first-order chi connectivity index (χ1) is 9.36. The van der Waals surface area contributed by atoms with E-state index in [9.17, 15) is 18.0 Å². The van der Waals surface area contributed by atoms with Crippen LogP contribution in [0.25, 0.3) is 0 Å². The van der Waals surface area contributed by atoms with Gasteiger partial charge >= 0.3 is 6.18 Å². The standard InChI is InChI=1S/C13H14ClF3N2O/c14-11-4-3-9(7-10(11)13(15,16)17)18-6-5-12(20)19-8-1-2-8/h3-4,7-8,18H,1-2,5-6H2,(H,19,20). The zero-order chi connectivity index (χ0) is 14.8. The molecule has 1 saturated carbocycles. The topological polar surface area (TPSA) is 41.1 Å². The van der Waals surface area contributed by atoms with Crippen LogP contribution in [0.2, 0.25) is 5.02 Å². The number of nitrogens with one attached hydrogen (secondary N) is 2. The van der Waals surface area contributed by atoms with Gasteiger partial charge in [-0.2, -0.15) is 13.2 Å². The fourth-order valence-corrected chi connectivity index (χ4v) is 1.93. The molecular weight excluding hydrogens is 293 g/mol. The van der Waals surface area contributed by atoms with Crippen LogP contribution in [0.3, 0.4) is 0 Å². The second kappa shape index (κ2) is 5.91. The van der Waals surface area contributed by atoms with Gasteiger partial charge in [0.15, 0.2) is 0 Å². The van der Waals surface area contributed by atoms with E-state index < -0.39 is 11.7 Å². The highest BCUT2D eigenvalue weighted by Gasteiger charge is 2.33. The third kappa shape index (κ3) is 4.30. The second-order valence-electron chi connectivity index (χ2n) is 4.71. The van der Waals surface area contributed by atoms with Crippen molar-refractivity contribution in [1.29, 1.82) is 0 Å². The molecule has 1 aromatic carbocycles. The number of alkyl halides is 3. The molecule has 0 radical (unpaired) electrons. The third-order valence-corrected chi connectivity index (χ3v) is 3.22. The maximum atomic E-state index is 12.7. The molecule has 110 valence electrons. The van der Waals surface area contributed by atoms with Crippen molar-refractivity contribution in [3.05, 3.63) is 28.8 Å². The van der Waals surface area contributed by atoms with E-state index in [2.05, 4.69) is 10.6 Å². The zero-order valence-electron chi connectivity index (χ0n) is 10.6. The van der Waals surface area contributed by atoms with Crippen LogP contribution in [0.15, 0.2) is 18.2 Å². The highest BCUT2D eigenvalue weighted by Crippen LogP contribution is 2.36. The summed E-state index contributed by atoms with van der Waals surface area (Å²) < 4.78 is 38.0. The number of benzene rings is 1. The molecule has 1 amide bonds. The highest BCUT2D eigenvalue weighted by molar-refractivity contribution is 6.31. The van der Waals surface area contributed by atoms with Gasteiger partial charge in [-0.3, -0.25) is 4.79 Å². The van der Waals surface area contributed by atoms with Crippen LogP contribution in [0.1, 0.15) is 24.8 Å². The van der Waals surface area contributed by atoms with Gasteiger partial charge in [-0.1, -0.05) is 11.6 Å². The number of amides is 1. The molecule has 1 aliphatic carbocycles. The molecule has 0 atom stereocenters. The first kappa shape index (κ1) is 15.0. The molecule has 0 spiro atoms. The van der Waals surface area contributed by atoms with Crippen LogP contribution in [0.5, 0.6) is 0 Å². The van der Waals surface area contributed by atoms with Gasteiger partial charge in [0.1, 0.15) is 0 Å². The van der Waals surface area contributed by atoms with Crippen LogP contribution >= 0.6 is 11.6 Å². The maximum absolute atomic E-state index is 12.7. The average Bonchev–Trinajstić information content (AvgIpc) is 3.13. The van der Waals surface area contributed by atoms with Crippen molar-refractivity contribution in [2.75, 3.05) is 11.9 Å². The lowest BCUT2D eigenvalue weighted by atomic mass is 10.2. The zero-order valence-corrected chi connectivity index (χ0v) is 11.3. The number of halogens is 4. The molecule has 20 heavy (non-hydrogen) atoms. The molecule has 0 bridgehead atoms. The van der Waals surface area contributed by atoms with Gasteiger partial charge in [0.05, 0.1) is 10.6 Å². The highest BCUT2D eigenvalue weighted by atomic mass is 35.5.